The van der Waals surface area contributed by atoms with E-state index in [0.717, 1.165) is 17.8 Å². The van der Waals surface area contributed by atoms with Gasteiger partial charge in [-0.2, -0.15) is 0 Å². The van der Waals surface area contributed by atoms with Crippen molar-refractivity contribution in [2.75, 3.05) is 10.9 Å². The number of aryl methyl sites for hydroxylation is 1. The van der Waals surface area contributed by atoms with E-state index >= 15 is 0 Å². The zero-order valence-electron chi connectivity index (χ0n) is 12.8. The Morgan fingerprint density at radius 1 is 0.850 bits per heavy atom. The molecule has 0 aromatic heterocycles. The summed E-state index contributed by atoms with van der Waals surface area (Å²) >= 11 is 0. The molecule has 0 aliphatic rings. The zero-order chi connectivity index (χ0) is 14.6. The highest BCUT2D eigenvalue weighted by Crippen LogP contribution is 2.24. The minimum atomic E-state index is 0.167. The average molecular weight is 268 g/mol. The molecule has 0 bridgehead atoms. The molecular weight excluding hydrogens is 244 g/mol. The van der Waals surface area contributed by atoms with Crippen LogP contribution in [0.5, 0.6) is 0 Å². The van der Waals surface area contributed by atoms with Crippen LogP contribution in [0, 0.1) is 0 Å². The molecule has 2 rings (SSSR count). The molecular formula is C18H24N2. The molecule has 0 aliphatic carbocycles. The van der Waals surface area contributed by atoms with E-state index in [1.807, 2.05) is 0 Å². The Labute approximate surface area is 122 Å². The highest BCUT2D eigenvalue weighted by molar-refractivity contribution is 5.54. The van der Waals surface area contributed by atoms with Crippen LogP contribution in [0.1, 0.15) is 38.8 Å². The van der Waals surface area contributed by atoms with Crippen LogP contribution in [-0.2, 0) is 11.8 Å². The van der Waals surface area contributed by atoms with E-state index in [4.69, 9.17) is 0 Å². The number of nitrogens with one attached hydrogen (secondary N) is 2. The van der Waals surface area contributed by atoms with Gasteiger partial charge in [0.2, 0.25) is 0 Å². The Balaban J connectivity index is 2.03. The topological polar surface area (TPSA) is 24.1 Å². The summed E-state index contributed by atoms with van der Waals surface area (Å²) in [5.41, 5.74) is 11.5. The van der Waals surface area contributed by atoms with Crippen molar-refractivity contribution in [1.82, 2.24) is 0 Å². The second kappa shape index (κ2) is 6.00. The minimum absolute atomic E-state index is 0.167. The highest BCUT2D eigenvalue weighted by atomic mass is 15.4. The van der Waals surface area contributed by atoms with E-state index in [1.165, 1.54) is 11.1 Å². The molecule has 0 saturated heterocycles. The molecule has 2 aromatic rings. The van der Waals surface area contributed by atoms with Crippen LogP contribution in [-0.4, -0.2) is 0 Å². The quantitative estimate of drug-likeness (QED) is 0.764. The smallest absolute Gasteiger partial charge is 0.0542 e. The fourth-order valence-corrected chi connectivity index (χ4v) is 2.03. The lowest BCUT2D eigenvalue weighted by Crippen LogP contribution is -2.13. The monoisotopic (exact) mass is 268 g/mol. The van der Waals surface area contributed by atoms with Crippen LogP contribution in [0.15, 0.2) is 48.5 Å². The Morgan fingerprint density at radius 3 is 2.10 bits per heavy atom. The van der Waals surface area contributed by atoms with Crippen LogP contribution in [0.3, 0.4) is 0 Å². The predicted octanol–water partition coefficient (Wildman–Crippen LogP) is 4.99. The SMILES string of the molecule is CCc1ccc(NNc2cccc(C(C)(C)C)c2)cc1. The Hall–Kier alpha value is -1.96. The third kappa shape index (κ3) is 3.77. The van der Waals surface area contributed by atoms with Gasteiger partial charge in [-0.25, -0.2) is 0 Å². The van der Waals surface area contributed by atoms with Crippen LogP contribution < -0.4 is 10.9 Å². The van der Waals surface area contributed by atoms with E-state index < -0.39 is 0 Å². The van der Waals surface area contributed by atoms with Gasteiger partial charge in [-0.15, -0.1) is 0 Å². The first-order valence-electron chi connectivity index (χ1n) is 7.20. The van der Waals surface area contributed by atoms with Crippen molar-refractivity contribution in [3.05, 3.63) is 59.7 Å². The summed E-state index contributed by atoms with van der Waals surface area (Å²) in [6, 6.07) is 17.0. The van der Waals surface area contributed by atoms with Gasteiger partial charge < -0.3 is 10.9 Å². The van der Waals surface area contributed by atoms with Gasteiger partial charge in [0.15, 0.2) is 0 Å². The average Bonchev–Trinajstić information content (AvgIpc) is 2.45. The van der Waals surface area contributed by atoms with Gasteiger partial charge >= 0.3 is 0 Å². The summed E-state index contributed by atoms with van der Waals surface area (Å²) in [6.07, 6.45) is 1.07. The van der Waals surface area contributed by atoms with Crippen molar-refractivity contribution in [2.45, 2.75) is 39.5 Å². The molecule has 0 spiro atoms. The van der Waals surface area contributed by atoms with Gasteiger partial charge in [-0.1, -0.05) is 52.0 Å². The van der Waals surface area contributed by atoms with Crippen molar-refractivity contribution >= 4 is 11.4 Å². The zero-order valence-corrected chi connectivity index (χ0v) is 12.8. The maximum absolute atomic E-state index is 3.26. The summed E-state index contributed by atoms with van der Waals surface area (Å²) in [7, 11) is 0. The molecule has 0 amide bonds. The van der Waals surface area contributed by atoms with Crippen LogP contribution in [0.4, 0.5) is 11.4 Å². The van der Waals surface area contributed by atoms with Crippen molar-refractivity contribution in [1.29, 1.82) is 0 Å². The van der Waals surface area contributed by atoms with Crippen molar-refractivity contribution < 1.29 is 0 Å². The van der Waals surface area contributed by atoms with E-state index in [1.54, 1.807) is 0 Å². The largest absolute Gasteiger partial charge is 0.301 e. The highest BCUT2D eigenvalue weighted by Gasteiger charge is 2.13. The molecule has 2 aromatic carbocycles. The Kier molecular flexibility index (Phi) is 4.33. The van der Waals surface area contributed by atoms with Gasteiger partial charge in [0.05, 0.1) is 11.4 Å². The normalized spacial score (nSPS) is 11.2. The van der Waals surface area contributed by atoms with Crippen LogP contribution >= 0.6 is 0 Å². The number of hydrazine groups is 1. The second-order valence-electron chi connectivity index (χ2n) is 6.13. The lowest BCUT2D eigenvalue weighted by atomic mass is 9.87. The van der Waals surface area contributed by atoms with E-state index in [-0.39, 0.29) is 5.41 Å². The molecule has 0 fully saturated rings. The maximum atomic E-state index is 3.26. The standard InChI is InChI=1S/C18H24N2/c1-5-14-9-11-16(12-10-14)19-20-17-8-6-7-15(13-17)18(2,3)4/h6-13,19-20H,5H2,1-4H3. The first kappa shape index (κ1) is 14.4. The first-order chi connectivity index (χ1) is 9.49. The molecule has 0 atom stereocenters. The van der Waals surface area contributed by atoms with E-state index in [0.29, 0.717) is 0 Å². The summed E-state index contributed by atoms with van der Waals surface area (Å²) in [6.45, 7) is 8.84. The third-order valence-corrected chi connectivity index (χ3v) is 3.44. The van der Waals surface area contributed by atoms with E-state index in [2.05, 4.69) is 87.1 Å². The molecule has 0 radical (unpaired) electrons. The number of hydrogen-bond acceptors (Lipinski definition) is 2. The fourth-order valence-electron chi connectivity index (χ4n) is 2.03. The predicted molar refractivity (Wildman–Crippen MR) is 88.2 cm³/mol. The van der Waals surface area contributed by atoms with Crippen molar-refractivity contribution in [3.8, 4) is 0 Å². The van der Waals surface area contributed by atoms with Crippen molar-refractivity contribution in [3.63, 3.8) is 0 Å². The van der Waals surface area contributed by atoms with Crippen LogP contribution in [0.2, 0.25) is 0 Å². The molecule has 2 N–H and O–H groups in total. The molecule has 0 unspecified atom stereocenters. The number of anilines is 2. The number of benzene rings is 2. The summed E-state index contributed by atoms with van der Waals surface area (Å²) in [5.74, 6) is 0. The van der Waals surface area contributed by atoms with Gasteiger partial charge in [0.1, 0.15) is 0 Å². The van der Waals surface area contributed by atoms with Gasteiger partial charge in [-0.05, 0) is 47.2 Å². The fraction of sp³-hybridized carbons (Fsp3) is 0.333. The van der Waals surface area contributed by atoms with Gasteiger partial charge in [0.25, 0.3) is 0 Å². The molecule has 106 valence electrons. The Bertz CT molecular complexity index is 550. The molecule has 2 nitrogen and oxygen atoms in total. The summed E-state index contributed by atoms with van der Waals surface area (Å²) in [4.78, 5) is 0. The maximum Gasteiger partial charge on any atom is 0.0542 e. The molecule has 20 heavy (non-hydrogen) atoms. The lowest BCUT2D eigenvalue weighted by molar-refractivity contribution is 0.590. The lowest BCUT2D eigenvalue weighted by Gasteiger charge is -2.20. The second-order valence-corrected chi connectivity index (χ2v) is 6.13. The molecule has 2 heteroatoms. The summed E-state index contributed by atoms with van der Waals surface area (Å²) < 4.78 is 0. The van der Waals surface area contributed by atoms with E-state index in [9.17, 15) is 0 Å². The first-order valence-corrected chi connectivity index (χ1v) is 7.20. The number of rotatable bonds is 4. The minimum Gasteiger partial charge on any atom is -0.301 e. The van der Waals surface area contributed by atoms with Gasteiger partial charge in [-0.3, -0.25) is 0 Å². The van der Waals surface area contributed by atoms with Gasteiger partial charge in [0, 0.05) is 0 Å². The molecule has 0 saturated carbocycles. The summed E-state index contributed by atoms with van der Waals surface area (Å²) in [5, 5.41) is 0. The Morgan fingerprint density at radius 2 is 1.50 bits per heavy atom. The van der Waals surface area contributed by atoms with Crippen molar-refractivity contribution in [2.24, 2.45) is 0 Å². The number of hydrogen-bond donors (Lipinski definition) is 2. The van der Waals surface area contributed by atoms with Crippen LogP contribution in [0.25, 0.3) is 0 Å². The molecule has 0 heterocycles. The molecule has 0 aliphatic heterocycles. The third-order valence-electron chi connectivity index (χ3n) is 3.44.